The van der Waals surface area contributed by atoms with Gasteiger partial charge < -0.3 is 10.2 Å². The highest BCUT2D eigenvalue weighted by molar-refractivity contribution is 5.79. The van der Waals surface area contributed by atoms with Gasteiger partial charge in [-0.2, -0.15) is 5.10 Å². The second-order valence-corrected chi connectivity index (χ2v) is 8.20. The number of hydrogen-bond acceptors (Lipinski definition) is 5. The molecule has 0 saturated carbocycles. The van der Waals surface area contributed by atoms with E-state index in [1.807, 2.05) is 29.6 Å². The Morgan fingerprint density at radius 3 is 2.93 bits per heavy atom. The maximum absolute atomic E-state index is 13.2. The van der Waals surface area contributed by atoms with Crippen LogP contribution in [0.25, 0.3) is 0 Å². The van der Waals surface area contributed by atoms with Gasteiger partial charge in [0.15, 0.2) is 5.82 Å². The highest BCUT2D eigenvalue weighted by Gasteiger charge is 2.34. The summed E-state index contributed by atoms with van der Waals surface area (Å²) >= 11 is 0. The molecule has 0 spiro atoms. The van der Waals surface area contributed by atoms with Crippen LogP contribution in [-0.2, 0) is 24.3 Å². The lowest BCUT2D eigenvalue weighted by atomic mass is 10.1. The van der Waals surface area contributed by atoms with E-state index in [-0.39, 0.29) is 17.9 Å². The summed E-state index contributed by atoms with van der Waals surface area (Å²) in [5.41, 5.74) is 5.69. The zero-order valence-electron chi connectivity index (χ0n) is 17.3. The molecule has 0 unspecified atom stereocenters. The molecule has 1 amide bonds. The molecular weight excluding hydrogens is 352 g/mol. The molecule has 2 aliphatic heterocycles. The molecule has 0 radical (unpaired) electrons. The standard InChI is InChI=1S/C21H30N6O/c1-13(12-27-16(4)14(2)15(3)25-27)21(28)26-9-5-6-19(26)20-23-11-17-10-22-8-7-18(17)24-20/h11,13,19,22H,5-10,12H2,1-4H3/t13-,19-/m1/s1. The third-order valence-electron chi connectivity index (χ3n) is 6.27. The van der Waals surface area contributed by atoms with E-state index in [1.54, 1.807) is 0 Å². The molecule has 7 nitrogen and oxygen atoms in total. The molecule has 4 heterocycles. The summed E-state index contributed by atoms with van der Waals surface area (Å²) < 4.78 is 1.97. The quantitative estimate of drug-likeness (QED) is 0.878. The number of fused-ring (bicyclic) bond motifs is 1. The maximum Gasteiger partial charge on any atom is 0.227 e. The molecule has 1 N–H and O–H groups in total. The van der Waals surface area contributed by atoms with Crippen LogP contribution >= 0.6 is 0 Å². The van der Waals surface area contributed by atoms with Crippen LogP contribution in [0.3, 0.4) is 0 Å². The van der Waals surface area contributed by atoms with Crippen molar-refractivity contribution in [2.24, 2.45) is 5.92 Å². The van der Waals surface area contributed by atoms with Crippen molar-refractivity contribution in [1.29, 1.82) is 0 Å². The van der Waals surface area contributed by atoms with Gasteiger partial charge in [0.25, 0.3) is 0 Å². The van der Waals surface area contributed by atoms with Gasteiger partial charge in [0, 0.05) is 49.2 Å². The molecular formula is C21H30N6O. The molecule has 7 heteroatoms. The number of nitrogens with one attached hydrogen (secondary N) is 1. The first-order valence-electron chi connectivity index (χ1n) is 10.3. The van der Waals surface area contributed by atoms with E-state index in [0.29, 0.717) is 6.54 Å². The number of aromatic nitrogens is 4. The average molecular weight is 383 g/mol. The van der Waals surface area contributed by atoms with Crippen LogP contribution < -0.4 is 5.32 Å². The number of carbonyl (C=O) groups is 1. The highest BCUT2D eigenvalue weighted by Crippen LogP contribution is 2.32. The van der Waals surface area contributed by atoms with Crippen molar-refractivity contribution in [1.82, 2.24) is 30.0 Å². The number of nitrogens with zero attached hydrogens (tertiary/aromatic N) is 5. The first kappa shape index (κ1) is 19.1. The van der Waals surface area contributed by atoms with Crippen molar-refractivity contribution in [2.75, 3.05) is 13.1 Å². The fraction of sp³-hybridized carbons (Fsp3) is 0.619. The van der Waals surface area contributed by atoms with Crippen LogP contribution in [0.4, 0.5) is 0 Å². The monoisotopic (exact) mass is 382 g/mol. The van der Waals surface area contributed by atoms with Crippen molar-refractivity contribution < 1.29 is 4.79 Å². The predicted octanol–water partition coefficient (Wildman–Crippen LogP) is 2.24. The minimum Gasteiger partial charge on any atom is -0.332 e. The van der Waals surface area contributed by atoms with E-state index in [1.165, 1.54) is 11.1 Å². The minimum atomic E-state index is -0.125. The predicted molar refractivity (Wildman–Crippen MR) is 107 cm³/mol. The van der Waals surface area contributed by atoms with E-state index in [2.05, 4.69) is 29.2 Å². The molecule has 0 bridgehead atoms. The van der Waals surface area contributed by atoms with Gasteiger partial charge >= 0.3 is 0 Å². The van der Waals surface area contributed by atoms with Crippen molar-refractivity contribution in [3.05, 3.63) is 40.2 Å². The summed E-state index contributed by atoms with van der Waals surface area (Å²) in [6.45, 7) is 11.4. The van der Waals surface area contributed by atoms with Crippen LogP contribution in [0.5, 0.6) is 0 Å². The lowest BCUT2D eigenvalue weighted by molar-refractivity contribution is -0.136. The topological polar surface area (TPSA) is 75.9 Å². The fourth-order valence-electron chi connectivity index (χ4n) is 4.30. The van der Waals surface area contributed by atoms with Crippen LogP contribution in [0.15, 0.2) is 6.20 Å². The molecule has 2 aliphatic rings. The number of rotatable bonds is 4. The second-order valence-electron chi connectivity index (χ2n) is 8.20. The van der Waals surface area contributed by atoms with Crippen LogP contribution in [0, 0.1) is 26.7 Å². The molecule has 1 fully saturated rings. The Bertz CT molecular complexity index is 889. The Morgan fingerprint density at radius 1 is 1.36 bits per heavy atom. The molecule has 1 saturated heterocycles. The third kappa shape index (κ3) is 3.43. The Morgan fingerprint density at radius 2 is 2.18 bits per heavy atom. The number of hydrogen-bond donors (Lipinski definition) is 1. The number of aryl methyl sites for hydroxylation is 1. The van der Waals surface area contributed by atoms with E-state index < -0.39 is 0 Å². The van der Waals surface area contributed by atoms with E-state index in [0.717, 1.165) is 61.8 Å². The Labute approximate surface area is 166 Å². The van der Waals surface area contributed by atoms with Gasteiger partial charge in [0.2, 0.25) is 5.91 Å². The number of carbonyl (C=O) groups excluding carboxylic acids is 1. The normalized spacial score (nSPS) is 20.3. The zero-order chi connectivity index (χ0) is 19.8. The van der Waals surface area contributed by atoms with Gasteiger partial charge in [-0.15, -0.1) is 0 Å². The molecule has 2 atom stereocenters. The summed E-state index contributed by atoms with van der Waals surface area (Å²) in [4.78, 5) is 24.7. The molecule has 0 aromatic carbocycles. The number of likely N-dealkylation sites (tertiary alicyclic amines) is 1. The van der Waals surface area contributed by atoms with Gasteiger partial charge in [-0.1, -0.05) is 6.92 Å². The first-order chi connectivity index (χ1) is 13.5. The van der Waals surface area contributed by atoms with E-state index in [4.69, 9.17) is 4.98 Å². The molecule has 150 valence electrons. The van der Waals surface area contributed by atoms with Crippen molar-refractivity contribution in [3.8, 4) is 0 Å². The van der Waals surface area contributed by atoms with Gasteiger partial charge in [0.05, 0.1) is 24.2 Å². The lowest BCUT2D eigenvalue weighted by Crippen LogP contribution is -2.37. The van der Waals surface area contributed by atoms with Gasteiger partial charge in [0.1, 0.15) is 0 Å². The fourth-order valence-corrected chi connectivity index (χ4v) is 4.30. The van der Waals surface area contributed by atoms with Crippen LogP contribution in [0.2, 0.25) is 0 Å². The van der Waals surface area contributed by atoms with Crippen molar-refractivity contribution in [2.45, 2.75) is 66.1 Å². The summed E-state index contributed by atoms with van der Waals surface area (Å²) in [6, 6.07) is -0.00248. The highest BCUT2D eigenvalue weighted by atomic mass is 16.2. The van der Waals surface area contributed by atoms with Gasteiger partial charge in [-0.3, -0.25) is 9.48 Å². The third-order valence-corrected chi connectivity index (χ3v) is 6.27. The zero-order valence-corrected chi connectivity index (χ0v) is 17.3. The second kappa shape index (κ2) is 7.62. The summed E-state index contributed by atoms with van der Waals surface area (Å²) in [5, 5.41) is 7.95. The summed E-state index contributed by atoms with van der Waals surface area (Å²) in [6.07, 6.45) is 4.81. The number of amides is 1. The SMILES string of the molecule is Cc1nn(C[C@@H](C)C(=O)N2CCC[C@@H]2c2ncc3c(n2)CCNC3)c(C)c1C. The largest absolute Gasteiger partial charge is 0.332 e. The minimum absolute atomic E-state index is 0.00248. The Hall–Kier alpha value is -2.28. The summed E-state index contributed by atoms with van der Waals surface area (Å²) in [7, 11) is 0. The van der Waals surface area contributed by atoms with Crippen LogP contribution in [0.1, 0.15) is 59.8 Å². The van der Waals surface area contributed by atoms with Crippen molar-refractivity contribution >= 4 is 5.91 Å². The van der Waals surface area contributed by atoms with E-state index >= 15 is 0 Å². The first-order valence-corrected chi connectivity index (χ1v) is 10.3. The molecule has 2 aromatic heterocycles. The molecule has 4 rings (SSSR count). The smallest absolute Gasteiger partial charge is 0.227 e. The van der Waals surface area contributed by atoms with Gasteiger partial charge in [-0.05, 0) is 39.2 Å². The molecule has 2 aromatic rings. The maximum atomic E-state index is 13.2. The average Bonchev–Trinajstić information content (AvgIpc) is 3.28. The molecule has 28 heavy (non-hydrogen) atoms. The Balaban J connectivity index is 1.51. The molecule has 0 aliphatic carbocycles. The van der Waals surface area contributed by atoms with Crippen molar-refractivity contribution in [3.63, 3.8) is 0 Å². The van der Waals surface area contributed by atoms with E-state index in [9.17, 15) is 4.79 Å². The van der Waals surface area contributed by atoms with Gasteiger partial charge in [-0.25, -0.2) is 9.97 Å². The summed E-state index contributed by atoms with van der Waals surface area (Å²) in [5.74, 6) is 0.858. The Kier molecular flexibility index (Phi) is 5.19. The van der Waals surface area contributed by atoms with Crippen LogP contribution in [-0.4, -0.2) is 43.6 Å². The lowest BCUT2D eigenvalue weighted by Gasteiger charge is -2.27.